The largest absolute Gasteiger partial charge is 0.357 e. The van der Waals surface area contributed by atoms with Gasteiger partial charge in [0.15, 0.2) is 5.96 Å². The first-order valence-electron chi connectivity index (χ1n) is 7.75. The number of hydrogen-bond donors (Lipinski definition) is 2. The van der Waals surface area contributed by atoms with E-state index >= 15 is 0 Å². The lowest BCUT2D eigenvalue weighted by molar-refractivity contribution is 0.0668. The molecule has 0 fully saturated rings. The van der Waals surface area contributed by atoms with Crippen LogP contribution in [0.4, 0.5) is 8.78 Å². The van der Waals surface area contributed by atoms with Crippen LogP contribution in [0.5, 0.6) is 0 Å². The summed E-state index contributed by atoms with van der Waals surface area (Å²) in [5.41, 5.74) is 3.05. The van der Waals surface area contributed by atoms with Gasteiger partial charge >= 0.3 is 6.55 Å². The molecule has 0 aromatic carbocycles. The third-order valence-corrected chi connectivity index (χ3v) is 3.77. The molecule has 0 saturated heterocycles. The third kappa shape index (κ3) is 5.38. The zero-order valence-electron chi connectivity index (χ0n) is 14.8. The van der Waals surface area contributed by atoms with Crippen molar-refractivity contribution in [2.24, 2.45) is 12.0 Å². The normalized spacial score (nSPS) is 11.6. The molecule has 0 aliphatic carbocycles. The van der Waals surface area contributed by atoms with E-state index in [0.717, 1.165) is 21.5 Å². The average molecular weight is 467 g/mol. The minimum absolute atomic E-state index is 0. The summed E-state index contributed by atoms with van der Waals surface area (Å²) < 4.78 is 28.3. The first-order valence-corrected chi connectivity index (χ1v) is 7.75. The van der Waals surface area contributed by atoms with Crippen LogP contribution in [0.3, 0.4) is 0 Å². The predicted octanol–water partition coefficient (Wildman–Crippen LogP) is 2.50. The second-order valence-electron chi connectivity index (χ2n) is 5.35. The van der Waals surface area contributed by atoms with Gasteiger partial charge in [-0.25, -0.2) is 9.98 Å². The Balaban J connectivity index is 0.00000312. The van der Waals surface area contributed by atoms with Crippen LogP contribution < -0.4 is 10.6 Å². The van der Waals surface area contributed by atoms with Crippen LogP contribution in [0.1, 0.15) is 36.2 Å². The highest BCUT2D eigenvalue weighted by molar-refractivity contribution is 14.0. The van der Waals surface area contributed by atoms with Gasteiger partial charge in [0.2, 0.25) is 0 Å². The van der Waals surface area contributed by atoms with E-state index in [2.05, 4.69) is 25.7 Å². The van der Waals surface area contributed by atoms with E-state index in [4.69, 9.17) is 0 Å². The number of alkyl halides is 2. The Hall–Kier alpha value is -1.72. The van der Waals surface area contributed by atoms with Gasteiger partial charge < -0.3 is 10.6 Å². The highest BCUT2D eigenvalue weighted by Gasteiger charge is 2.12. The summed E-state index contributed by atoms with van der Waals surface area (Å²) in [6.45, 7) is 4.56. The topological polar surface area (TPSA) is 72.1 Å². The van der Waals surface area contributed by atoms with Crippen LogP contribution in [-0.4, -0.2) is 31.8 Å². The van der Waals surface area contributed by atoms with E-state index in [1.807, 2.05) is 32.5 Å². The van der Waals surface area contributed by atoms with Gasteiger partial charge in [-0.3, -0.25) is 9.25 Å². The van der Waals surface area contributed by atoms with E-state index in [-0.39, 0.29) is 36.3 Å². The maximum Gasteiger partial charge on any atom is 0.319 e. The van der Waals surface area contributed by atoms with Crippen molar-refractivity contribution >= 4 is 29.9 Å². The molecule has 0 radical (unpaired) electrons. The number of aromatic nitrogens is 4. The summed E-state index contributed by atoms with van der Waals surface area (Å²) >= 11 is 0. The predicted molar refractivity (Wildman–Crippen MR) is 103 cm³/mol. The molecule has 2 aromatic heterocycles. The van der Waals surface area contributed by atoms with Gasteiger partial charge in [-0.2, -0.15) is 13.9 Å². The lowest BCUT2D eigenvalue weighted by atomic mass is 10.2. The van der Waals surface area contributed by atoms with E-state index in [0.29, 0.717) is 19.0 Å². The van der Waals surface area contributed by atoms with Crippen LogP contribution in [0.25, 0.3) is 0 Å². The second kappa shape index (κ2) is 9.68. The molecule has 0 saturated carbocycles. The number of halogens is 3. The molecule has 0 spiro atoms. The lowest BCUT2D eigenvalue weighted by Crippen LogP contribution is -2.37. The van der Waals surface area contributed by atoms with E-state index in [9.17, 15) is 8.78 Å². The molecule has 25 heavy (non-hydrogen) atoms. The molecule has 2 aromatic rings. The fourth-order valence-electron chi connectivity index (χ4n) is 2.37. The Morgan fingerprint density at radius 2 is 2.04 bits per heavy atom. The Kier molecular flexibility index (Phi) is 8.26. The molecule has 7 nitrogen and oxygen atoms in total. The van der Waals surface area contributed by atoms with E-state index in [1.54, 1.807) is 0 Å². The molecular weight excluding hydrogens is 443 g/mol. The molecule has 10 heteroatoms. The number of nitrogens with zero attached hydrogens (tertiary/aromatic N) is 5. The average Bonchev–Trinajstić information content (AvgIpc) is 3.09. The smallest absolute Gasteiger partial charge is 0.319 e. The highest BCUT2D eigenvalue weighted by atomic mass is 127. The number of nitrogens with one attached hydrogen (secondary N) is 2. The summed E-state index contributed by atoms with van der Waals surface area (Å²) in [5.74, 6) is 0.799. The van der Waals surface area contributed by atoms with Crippen molar-refractivity contribution in [3.05, 3.63) is 35.2 Å². The number of guanidine groups is 1. The Morgan fingerprint density at radius 1 is 1.32 bits per heavy atom. The van der Waals surface area contributed by atoms with Crippen LogP contribution in [-0.2, 0) is 20.1 Å². The molecule has 2 heterocycles. The Bertz CT molecular complexity index is 709. The fourth-order valence-corrected chi connectivity index (χ4v) is 2.37. The minimum Gasteiger partial charge on any atom is -0.357 e. The Labute approximate surface area is 162 Å². The van der Waals surface area contributed by atoms with Gasteiger partial charge in [-0.1, -0.05) is 0 Å². The Morgan fingerprint density at radius 3 is 2.60 bits per heavy atom. The van der Waals surface area contributed by atoms with Gasteiger partial charge in [0, 0.05) is 37.2 Å². The maximum absolute atomic E-state index is 12.8. The van der Waals surface area contributed by atoms with Crippen LogP contribution in [0.15, 0.2) is 17.4 Å². The number of hydrogen-bond acceptors (Lipinski definition) is 3. The van der Waals surface area contributed by atoms with Crippen molar-refractivity contribution in [2.75, 3.05) is 6.54 Å². The van der Waals surface area contributed by atoms with Crippen molar-refractivity contribution < 1.29 is 8.78 Å². The van der Waals surface area contributed by atoms with Crippen molar-refractivity contribution in [2.45, 2.75) is 40.4 Å². The zero-order valence-corrected chi connectivity index (χ0v) is 17.1. The number of rotatable bonds is 6. The molecule has 2 N–H and O–H groups in total. The summed E-state index contributed by atoms with van der Waals surface area (Å²) in [4.78, 5) is 8.45. The molecule has 0 atom stereocenters. The standard InChI is InChI=1S/C15H23F2N7.HI/c1-5-18-15(20-8-12-10(2)22-23(4)11(12)3)21-9-13-19-6-7-24(13)14(16)17;/h6-7,14H,5,8-9H2,1-4H3,(H2,18,20,21);1H. The van der Waals surface area contributed by atoms with E-state index in [1.165, 1.54) is 12.4 Å². The number of aliphatic imine (C=N–C) groups is 1. The van der Waals surface area contributed by atoms with Gasteiger partial charge in [-0.15, -0.1) is 24.0 Å². The number of aryl methyl sites for hydroxylation is 2. The molecule has 2 rings (SSSR count). The van der Waals surface area contributed by atoms with Crippen LogP contribution in [0, 0.1) is 13.8 Å². The van der Waals surface area contributed by atoms with Crippen LogP contribution in [0.2, 0.25) is 0 Å². The molecule has 0 amide bonds. The maximum atomic E-state index is 12.8. The SMILES string of the molecule is CCNC(=NCc1c(C)nn(C)c1C)NCc1nccn1C(F)F.I. The summed E-state index contributed by atoms with van der Waals surface area (Å²) in [6.07, 6.45) is 2.61. The van der Waals surface area contributed by atoms with Crippen LogP contribution >= 0.6 is 24.0 Å². The summed E-state index contributed by atoms with van der Waals surface area (Å²) in [6, 6.07) is 0. The van der Waals surface area contributed by atoms with Crippen molar-refractivity contribution in [3.8, 4) is 0 Å². The first kappa shape index (κ1) is 21.3. The molecule has 0 aliphatic rings. The first-order chi connectivity index (χ1) is 11.4. The fraction of sp³-hybridized carbons (Fsp3) is 0.533. The van der Waals surface area contributed by atoms with Gasteiger partial charge in [0.25, 0.3) is 0 Å². The van der Waals surface area contributed by atoms with Gasteiger partial charge in [0.05, 0.1) is 18.8 Å². The third-order valence-electron chi connectivity index (χ3n) is 3.77. The van der Waals surface area contributed by atoms with Gasteiger partial charge in [-0.05, 0) is 20.8 Å². The molecular formula is C15H24F2IN7. The van der Waals surface area contributed by atoms with Crippen molar-refractivity contribution in [1.82, 2.24) is 30.0 Å². The zero-order chi connectivity index (χ0) is 17.7. The summed E-state index contributed by atoms with van der Waals surface area (Å²) in [5, 5.41) is 10.5. The molecule has 0 unspecified atom stereocenters. The molecule has 0 aliphatic heterocycles. The monoisotopic (exact) mass is 467 g/mol. The van der Waals surface area contributed by atoms with E-state index < -0.39 is 6.55 Å². The minimum atomic E-state index is -2.61. The second-order valence-corrected chi connectivity index (χ2v) is 5.35. The lowest BCUT2D eigenvalue weighted by Gasteiger charge is -2.12. The quantitative estimate of drug-likeness (QED) is 0.389. The molecule has 0 bridgehead atoms. The number of imidazole rings is 1. The van der Waals surface area contributed by atoms with Crippen molar-refractivity contribution in [1.29, 1.82) is 0 Å². The highest BCUT2D eigenvalue weighted by Crippen LogP contribution is 2.13. The van der Waals surface area contributed by atoms with Crippen molar-refractivity contribution in [3.63, 3.8) is 0 Å². The summed E-state index contributed by atoms with van der Waals surface area (Å²) in [7, 11) is 1.89. The van der Waals surface area contributed by atoms with Gasteiger partial charge in [0.1, 0.15) is 5.82 Å². The molecule has 140 valence electrons.